The third-order valence-electron chi connectivity index (χ3n) is 11.3. The predicted molar refractivity (Wildman–Crippen MR) is 219 cm³/mol. The first-order chi connectivity index (χ1) is 27.5. The van der Waals surface area contributed by atoms with Crippen LogP contribution in [0, 0.1) is 20.8 Å². The number of hydrogen-bond acceptors (Lipinski definition) is 9. The van der Waals surface area contributed by atoms with Crippen LogP contribution in [0.2, 0.25) is 0 Å². The van der Waals surface area contributed by atoms with Gasteiger partial charge in [0.05, 0.1) is 11.4 Å². The lowest BCUT2D eigenvalue weighted by atomic mass is 9.88. The Bertz CT molecular complexity index is 2210. The van der Waals surface area contributed by atoms with Gasteiger partial charge in [-0.1, -0.05) is 48.5 Å². The Balaban J connectivity index is 1.14. The minimum Gasteiger partial charge on any atom is -0.487 e. The standard InChI is InChI=1S/C42H53N7O8S/c1-24-25(2)37(26(3)27-18-19-42(4,5)57-36(24)27)58(54,55)48-40(44)45-20-10-16-33(39(52)49-21-11-17-34(49)38(51)46-22-35(43)50)47-41(53)56-23-32-30-14-8-6-12-28(30)29-13-7-9-15-31(29)32/h6-9,12-15,32-34H,10-11,16-23H2,1-5H3,(H2,43,50)(H,46,51)(H,47,53)(H3,44,45,48)/t33-,34-/m0/s1. The van der Waals surface area contributed by atoms with E-state index in [2.05, 4.69) is 20.3 Å². The second-order valence-electron chi connectivity index (χ2n) is 15.8. The Hall–Kier alpha value is -5.64. The Morgan fingerprint density at radius 1 is 0.983 bits per heavy atom. The highest BCUT2D eigenvalue weighted by molar-refractivity contribution is 7.90. The van der Waals surface area contributed by atoms with Gasteiger partial charge in [-0.25, -0.2) is 17.9 Å². The first kappa shape index (κ1) is 42.0. The number of rotatable bonds is 13. The van der Waals surface area contributed by atoms with Crippen molar-refractivity contribution in [1.82, 2.24) is 20.3 Å². The molecule has 1 fully saturated rings. The fraction of sp³-hybridized carbons (Fsp3) is 0.452. The van der Waals surface area contributed by atoms with Crippen molar-refractivity contribution in [2.24, 2.45) is 16.5 Å². The van der Waals surface area contributed by atoms with E-state index in [1.165, 1.54) is 4.90 Å². The van der Waals surface area contributed by atoms with E-state index in [-0.39, 0.29) is 61.5 Å². The monoisotopic (exact) mass is 815 g/mol. The predicted octanol–water partition coefficient (Wildman–Crippen LogP) is 3.59. The van der Waals surface area contributed by atoms with Gasteiger partial charge in [0.1, 0.15) is 30.0 Å². The van der Waals surface area contributed by atoms with Gasteiger partial charge in [0.25, 0.3) is 10.0 Å². The van der Waals surface area contributed by atoms with Crippen LogP contribution in [0.15, 0.2) is 58.4 Å². The summed E-state index contributed by atoms with van der Waals surface area (Å²) >= 11 is 0. The van der Waals surface area contributed by atoms with Crippen LogP contribution in [0.1, 0.15) is 85.3 Å². The van der Waals surface area contributed by atoms with Gasteiger partial charge in [0.2, 0.25) is 23.7 Å². The molecule has 0 spiro atoms. The molecule has 0 unspecified atom stereocenters. The van der Waals surface area contributed by atoms with Crippen LogP contribution in [0.25, 0.3) is 11.1 Å². The summed E-state index contributed by atoms with van der Waals surface area (Å²) in [6.07, 6.45) is 1.76. The molecule has 58 heavy (non-hydrogen) atoms. The average molecular weight is 816 g/mol. The normalized spacial score (nSPS) is 17.6. The average Bonchev–Trinajstić information content (AvgIpc) is 3.79. The second kappa shape index (κ2) is 17.1. The highest BCUT2D eigenvalue weighted by Crippen LogP contribution is 2.45. The molecule has 6 rings (SSSR count). The number of guanidine groups is 1. The van der Waals surface area contributed by atoms with Gasteiger partial charge in [-0.2, -0.15) is 0 Å². The van der Waals surface area contributed by atoms with Crippen molar-refractivity contribution in [3.8, 4) is 16.9 Å². The lowest BCUT2D eigenvalue weighted by Gasteiger charge is -2.35. The SMILES string of the molecule is Cc1c(C)c(S(=O)(=O)NC(N)=NCCC[C@H](NC(=O)OCC2c3ccccc3-c3ccccc32)C(=O)N2CCC[C@H]2C(=O)NCC(N)=O)c(C)c2c1OC(C)(C)CC2. The number of primary amides is 1. The number of nitrogens with two attached hydrogens (primary N) is 2. The fourth-order valence-corrected chi connectivity index (χ4v) is 9.83. The summed E-state index contributed by atoms with van der Waals surface area (Å²) in [6, 6.07) is 13.9. The first-order valence-corrected chi connectivity index (χ1v) is 21.1. The zero-order valence-electron chi connectivity index (χ0n) is 33.6. The molecule has 2 aliphatic heterocycles. The van der Waals surface area contributed by atoms with Crippen LogP contribution in [0.3, 0.4) is 0 Å². The first-order valence-electron chi connectivity index (χ1n) is 19.6. The quantitative estimate of drug-likeness (QED) is 0.0965. The Morgan fingerprint density at radius 3 is 2.29 bits per heavy atom. The Labute approximate surface area is 339 Å². The second-order valence-corrected chi connectivity index (χ2v) is 17.4. The van der Waals surface area contributed by atoms with E-state index >= 15 is 0 Å². The number of hydrogen-bond donors (Lipinski definition) is 5. The lowest BCUT2D eigenvalue weighted by molar-refractivity contribution is -0.140. The van der Waals surface area contributed by atoms with E-state index in [4.69, 9.17) is 20.9 Å². The minimum absolute atomic E-state index is 0.0110. The van der Waals surface area contributed by atoms with Crippen LogP contribution in [-0.4, -0.2) is 87.0 Å². The molecule has 1 aliphatic carbocycles. The number of ether oxygens (including phenoxy) is 2. The van der Waals surface area contributed by atoms with Gasteiger partial charge in [-0.15, -0.1) is 0 Å². The molecule has 7 N–H and O–H groups in total. The Kier molecular flexibility index (Phi) is 12.4. The van der Waals surface area contributed by atoms with Crippen LogP contribution in [0.4, 0.5) is 4.79 Å². The molecule has 0 radical (unpaired) electrons. The highest BCUT2D eigenvalue weighted by Gasteiger charge is 2.38. The number of carbonyl (C=O) groups excluding carboxylic acids is 4. The summed E-state index contributed by atoms with van der Waals surface area (Å²) in [4.78, 5) is 57.5. The maximum absolute atomic E-state index is 14.0. The summed E-state index contributed by atoms with van der Waals surface area (Å²) in [5.74, 6) is -1.57. The molecule has 0 saturated carbocycles. The van der Waals surface area contributed by atoms with Crippen molar-refractivity contribution in [2.75, 3.05) is 26.2 Å². The van der Waals surface area contributed by atoms with E-state index in [9.17, 15) is 27.6 Å². The molecule has 2 atom stereocenters. The number of nitrogens with one attached hydrogen (secondary N) is 3. The molecule has 0 bridgehead atoms. The number of amides is 4. The molecule has 310 valence electrons. The van der Waals surface area contributed by atoms with Gasteiger partial charge in [0, 0.05) is 19.0 Å². The number of carbonyl (C=O) groups is 4. The highest BCUT2D eigenvalue weighted by atomic mass is 32.2. The molecule has 3 aromatic rings. The summed E-state index contributed by atoms with van der Waals surface area (Å²) < 4.78 is 41.9. The number of nitrogens with zero attached hydrogens (tertiary/aromatic N) is 2. The van der Waals surface area contributed by atoms with E-state index in [0.29, 0.717) is 36.1 Å². The van der Waals surface area contributed by atoms with Crippen LogP contribution in [0.5, 0.6) is 5.75 Å². The van der Waals surface area contributed by atoms with Crippen molar-refractivity contribution in [3.63, 3.8) is 0 Å². The van der Waals surface area contributed by atoms with E-state index in [0.717, 1.165) is 39.8 Å². The van der Waals surface area contributed by atoms with Crippen molar-refractivity contribution in [2.45, 2.75) is 102 Å². The largest absolute Gasteiger partial charge is 0.487 e. The number of benzene rings is 3. The molecule has 4 amide bonds. The molecule has 2 heterocycles. The maximum atomic E-state index is 14.0. The third-order valence-corrected chi connectivity index (χ3v) is 12.9. The van der Waals surface area contributed by atoms with Crippen molar-refractivity contribution in [3.05, 3.63) is 81.9 Å². The third kappa shape index (κ3) is 8.91. The number of aliphatic imine (C=N–C) groups is 1. The Morgan fingerprint density at radius 2 is 1.64 bits per heavy atom. The van der Waals surface area contributed by atoms with E-state index in [1.807, 2.05) is 69.3 Å². The number of likely N-dealkylation sites (tertiary alicyclic amines) is 1. The van der Waals surface area contributed by atoms with Crippen LogP contribution in [-0.2, 0) is 35.6 Å². The number of alkyl carbamates (subject to hydrolysis) is 1. The van der Waals surface area contributed by atoms with Crippen molar-refractivity contribution in [1.29, 1.82) is 0 Å². The van der Waals surface area contributed by atoms with Gasteiger partial charge in [-0.3, -0.25) is 19.4 Å². The molecule has 0 aromatic heterocycles. The topological polar surface area (TPSA) is 225 Å². The smallest absolute Gasteiger partial charge is 0.407 e. The summed E-state index contributed by atoms with van der Waals surface area (Å²) in [5, 5.41) is 5.18. The zero-order chi connectivity index (χ0) is 41.9. The molecule has 15 nitrogen and oxygen atoms in total. The van der Waals surface area contributed by atoms with Gasteiger partial charge in [-0.05, 0) is 118 Å². The summed E-state index contributed by atoms with van der Waals surface area (Å²) in [5.41, 5.74) is 17.9. The molecule has 1 saturated heterocycles. The minimum atomic E-state index is -4.14. The molecule has 16 heteroatoms. The molecular weight excluding hydrogens is 763 g/mol. The summed E-state index contributed by atoms with van der Waals surface area (Å²) in [7, 11) is -4.14. The van der Waals surface area contributed by atoms with Crippen molar-refractivity contribution >= 4 is 39.8 Å². The lowest BCUT2D eigenvalue weighted by Crippen LogP contribution is -2.54. The fourth-order valence-electron chi connectivity index (χ4n) is 8.30. The number of sulfonamides is 1. The summed E-state index contributed by atoms with van der Waals surface area (Å²) in [6.45, 7) is 9.29. The molecule has 3 aliphatic rings. The van der Waals surface area contributed by atoms with Gasteiger partial charge >= 0.3 is 6.09 Å². The maximum Gasteiger partial charge on any atom is 0.407 e. The van der Waals surface area contributed by atoms with E-state index < -0.39 is 45.9 Å². The van der Waals surface area contributed by atoms with Crippen molar-refractivity contribution < 1.29 is 37.1 Å². The van der Waals surface area contributed by atoms with Gasteiger partial charge in [0.15, 0.2) is 0 Å². The number of fused-ring (bicyclic) bond motifs is 4. The van der Waals surface area contributed by atoms with E-state index in [1.54, 1.807) is 13.8 Å². The van der Waals surface area contributed by atoms with Gasteiger partial charge < -0.3 is 36.5 Å². The van der Waals surface area contributed by atoms with Crippen LogP contribution >= 0.6 is 0 Å². The molecule has 3 aromatic carbocycles. The zero-order valence-corrected chi connectivity index (χ0v) is 34.5. The van der Waals surface area contributed by atoms with Crippen LogP contribution < -0.4 is 31.6 Å². The molecular formula is C42H53N7O8S.